The van der Waals surface area contributed by atoms with Crippen molar-refractivity contribution >= 4 is 37.1 Å². The van der Waals surface area contributed by atoms with E-state index in [2.05, 4.69) is 14.7 Å². The molecule has 10 heteroatoms. The molecule has 0 saturated heterocycles. The van der Waals surface area contributed by atoms with Crippen LogP contribution in [-0.2, 0) is 26.0 Å². The predicted molar refractivity (Wildman–Crippen MR) is 118 cm³/mol. The number of rotatable bonds is 6. The summed E-state index contributed by atoms with van der Waals surface area (Å²) in [4.78, 5) is 23.6. The summed E-state index contributed by atoms with van der Waals surface area (Å²) < 4.78 is 30.7. The number of anilines is 1. The van der Waals surface area contributed by atoms with E-state index in [0.29, 0.717) is 10.7 Å². The van der Waals surface area contributed by atoms with Crippen LogP contribution in [0.1, 0.15) is 33.3 Å². The molecule has 1 rings (SSSR count). The fourth-order valence-electron chi connectivity index (χ4n) is 2.08. The van der Waals surface area contributed by atoms with Crippen molar-refractivity contribution in [2.24, 2.45) is 0 Å². The minimum Gasteiger partial charge on any atom is -0.468 e. The second-order valence-electron chi connectivity index (χ2n) is 5.16. The van der Waals surface area contributed by atoms with Gasteiger partial charge in [-0.1, -0.05) is 49.2 Å². The fraction of sp³-hybridized carbons (Fsp3) is 0.556. The van der Waals surface area contributed by atoms with Crippen LogP contribution in [0.5, 0.6) is 0 Å². The molecule has 2 atom stereocenters. The van der Waals surface area contributed by atoms with E-state index in [1.165, 1.54) is 26.3 Å². The summed E-state index contributed by atoms with van der Waals surface area (Å²) in [5, 5.41) is 2.29. The van der Waals surface area contributed by atoms with Gasteiger partial charge in [0.2, 0.25) is 10.0 Å². The van der Waals surface area contributed by atoms with Crippen molar-refractivity contribution in [3.63, 3.8) is 0 Å². The number of hydrogen-bond donors (Lipinski definition) is 1. The predicted octanol–water partition coefficient (Wildman–Crippen LogP) is 2.65. The van der Waals surface area contributed by atoms with E-state index in [-0.39, 0.29) is 11.7 Å². The van der Waals surface area contributed by atoms with Crippen LogP contribution in [-0.4, -0.2) is 58.6 Å². The smallest absolute Gasteiger partial charge is 0.335 e. The molecule has 1 unspecified atom stereocenters. The Labute approximate surface area is 171 Å². The van der Waals surface area contributed by atoms with Crippen molar-refractivity contribution < 1.29 is 22.7 Å². The maximum absolute atomic E-state index is 11.8. The van der Waals surface area contributed by atoms with Gasteiger partial charge in [0, 0.05) is 7.05 Å². The van der Waals surface area contributed by atoms with E-state index in [4.69, 9.17) is 4.74 Å². The summed E-state index contributed by atoms with van der Waals surface area (Å²) in [5.41, 5.74) is 1.02. The third-order valence-corrected chi connectivity index (χ3v) is 4.69. The number of likely N-dealkylation sites (N-methyl/N-ethyl adjacent to an activating group) is 1. The lowest BCUT2D eigenvalue weighted by Gasteiger charge is -2.22. The number of esters is 1. The summed E-state index contributed by atoms with van der Waals surface area (Å²) in [6, 6.07) is 5.13. The Balaban J connectivity index is 0. The first-order chi connectivity index (χ1) is 13.1. The van der Waals surface area contributed by atoms with Crippen LogP contribution in [0.2, 0.25) is 0 Å². The summed E-state index contributed by atoms with van der Waals surface area (Å²) in [5.74, 6) is -0.375. The van der Waals surface area contributed by atoms with Gasteiger partial charge < -0.3 is 10.1 Å². The number of amides is 2. The lowest BCUT2D eigenvalue weighted by Crippen LogP contribution is -2.42. The average Bonchev–Trinajstić information content (AvgIpc) is 2.68. The van der Waals surface area contributed by atoms with E-state index in [1.807, 2.05) is 27.7 Å². The number of sulfonamides is 1. The Kier molecular flexibility index (Phi) is 14.6. The largest absolute Gasteiger partial charge is 0.468 e. The highest BCUT2D eigenvalue weighted by Crippen LogP contribution is 2.20. The molecule has 0 aliphatic carbocycles. The van der Waals surface area contributed by atoms with Crippen LogP contribution in [0.25, 0.3) is 0 Å². The molecule has 0 spiro atoms. The number of carbonyl (C=O) groups is 2. The zero-order valence-electron chi connectivity index (χ0n) is 18.0. The van der Waals surface area contributed by atoms with Crippen molar-refractivity contribution in [3.05, 3.63) is 29.8 Å². The van der Waals surface area contributed by atoms with Gasteiger partial charge >= 0.3 is 12.0 Å². The SMILES string of the molecule is CC.CC.CNC(=O)N(c1ccc(C[C@@H](C(=O)OC)N(C)P)cc1)S(C)(=O)=O. The van der Waals surface area contributed by atoms with E-state index in [9.17, 15) is 18.0 Å². The molecule has 8 nitrogen and oxygen atoms in total. The van der Waals surface area contributed by atoms with Crippen LogP contribution in [0, 0.1) is 0 Å². The van der Waals surface area contributed by atoms with Crippen LogP contribution in [0.3, 0.4) is 0 Å². The van der Waals surface area contributed by atoms with Gasteiger partial charge in [0.15, 0.2) is 0 Å². The molecular weight excluding hydrogens is 401 g/mol. The monoisotopic (exact) mass is 435 g/mol. The first-order valence-electron chi connectivity index (χ1n) is 8.98. The Morgan fingerprint density at radius 3 is 1.93 bits per heavy atom. The molecule has 0 heterocycles. The van der Waals surface area contributed by atoms with Gasteiger partial charge in [-0.05, 0) is 31.2 Å². The minimum absolute atomic E-state index is 0.217. The number of nitrogens with zero attached hydrogens (tertiary/aromatic N) is 2. The van der Waals surface area contributed by atoms with Crippen molar-refractivity contribution in [2.45, 2.75) is 40.2 Å². The Morgan fingerprint density at radius 2 is 1.61 bits per heavy atom. The number of urea groups is 1. The molecule has 1 aromatic rings. The van der Waals surface area contributed by atoms with E-state index in [0.717, 1.165) is 11.8 Å². The zero-order chi connectivity index (χ0) is 22.5. The third-order valence-electron chi connectivity index (χ3n) is 3.29. The van der Waals surface area contributed by atoms with Crippen LogP contribution in [0.4, 0.5) is 10.5 Å². The first-order valence-corrected chi connectivity index (χ1v) is 11.3. The number of carbonyl (C=O) groups excluding carboxylic acids is 2. The van der Waals surface area contributed by atoms with Crippen molar-refractivity contribution in [1.29, 1.82) is 0 Å². The molecule has 0 aromatic heterocycles. The molecule has 28 heavy (non-hydrogen) atoms. The molecule has 2 amide bonds. The van der Waals surface area contributed by atoms with Crippen LogP contribution < -0.4 is 9.62 Å². The summed E-state index contributed by atoms with van der Waals surface area (Å²) in [6.07, 6.45) is 1.33. The molecule has 162 valence electrons. The second kappa shape index (κ2) is 14.3. The molecule has 1 N–H and O–H groups in total. The second-order valence-corrected chi connectivity index (χ2v) is 7.80. The van der Waals surface area contributed by atoms with E-state index >= 15 is 0 Å². The molecule has 0 saturated carbocycles. The van der Waals surface area contributed by atoms with E-state index < -0.39 is 22.1 Å². The zero-order valence-corrected chi connectivity index (χ0v) is 20.0. The quantitative estimate of drug-likeness (QED) is 0.545. The molecule has 0 fully saturated rings. The molecule has 1 aromatic carbocycles. The van der Waals surface area contributed by atoms with Gasteiger partial charge in [0.25, 0.3) is 0 Å². The van der Waals surface area contributed by atoms with Crippen molar-refractivity contribution in [3.8, 4) is 0 Å². The standard InChI is InChI=1S/C14H22N3O5PS.2C2H6/c1-15-14(19)17(24(4,20)21)11-7-5-10(6-8-11)9-12(16(2)23)13(18)22-3;2*1-2/h5-8,12H,9,23H2,1-4H3,(H,15,19);2*1-2H3/t12-;;/m0../s1. The normalized spacial score (nSPS) is 11.2. The van der Waals surface area contributed by atoms with Crippen molar-refractivity contribution in [1.82, 2.24) is 9.99 Å². The lowest BCUT2D eigenvalue weighted by atomic mass is 10.1. The average molecular weight is 436 g/mol. The maximum Gasteiger partial charge on any atom is 0.335 e. The number of methoxy groups -OCH3 is 1. The topological polar surface area (TPSA) is 96.0 Å². The number of hydrogen-bond acceptors (Lipinski definition) is 6. The van der Waals surface area contributed by atoms with Gasteiger partial charge in [0.05, 0.1) is 19.1 Å². The molecule has 0 aliphatic heterocycles. The Bertz CT molecular complexity index is 694. The van der Waals surface area contributed by atoms with E-state index in [1.54, 1.807) is 23.9 Å². The summed E-state index contributed by atoms with van der Waals surface area (Å²) in [6.45, 7) is 8.00. The highest BCUT2D eigenvalue weighted by Gasteiger charge is 2.25. The Morgan fingerprint density at radius 1 is 1.14 bits per heavy atom. The summed E-state index contributed by atoms with van der Waals surface area (Å²) >= 11 is 0. The molecule has 0 bridgehead atoms. The minimum atomic E-state index is -3.76. The van der Waals surface area contributed by atoms with Gasteiger partial charge in [-0.3, -0.25) is 9.46 Å². The van der Waals surface area contributed by atoms with Gasteiger partial charge in [-0.2, -0.15) is 4.31 Å². The highest BCUT2D eigenvalue weighted by molar-refractivity contribution is 7.92. The molecule has 0 radical (unpaired) electrons. The fourth-order valence-corrected chi connectivity index (χ4v) is 3.21. The number of ether oxygens (including phenoxy) is 1. The van der Waals surface area contributed by atoms with Crippen LogP contribution >= 0.6 is 9.39 Å². The first kappa shape index (κ1) is 28.5. The Hall–Kier alpha value is -1.70. The third kappa shape index (κ3) is 8.99. The summed E-state index contributed by atoms with van der Waals surface area (Å²) in [7, 11) is 3.06. The van der Waals surface area contributed by atoms with Gasteiger partial charge in [0.1, 0.15) is 6.04 Å². The van der Waals surface area contributed by atoms with Crippen molar-refractivity contribution in [2.75, 3.05) is 31.8 Å². The van der Waals surface area contributed by atoms with Crippen LogP contribution in [0.15, 0.2) is 24.3 Å². The number of nitrogens with one attached hydrogen (secondary N) is 1. The highest BCUT2D eigenvalue weighted by atomic mass is 32.2. The molecule has 0 aliphatic rings. The van der Waals surface area contributed by atoms with Gasteiger partial charge in [-0.15, -0.1) is 0 Å². The molecular formula is C18H34N3O5PS. The lowest BCUT2D eigenvalue weighted by molar-refractivity contribution is -0.144. The van der Waals surface area contributed by atoms with Gasteiger partial charge in [-0.25, -0.2) is 13.2 Å². The maximum atomic E-state index is 11.8. The number of benzene rings is 1.